The molecule has 0 unspecified atom stereocenters. The number of carbonyl (C=O) groups is 2. The van der Waals surface area contributed by atoms with E-state index in [-0.39, 0.29) is 24.0 Å². The van der Waals surface area contributed by atoms with Crippen LogP contribution in [0.4, 0.5) is 10.5 Å². The Morgan fingerprint density at radius 2 is 1.71 bits per heavy atom. The lowest BCUT2D eigenvalue weighted by Crippen LogP contribution is -2.48. The fourth-order valence-corrected chi connectivity index (χ4v) is 4.14. The lowest BCUT2D eigenvalue weighted by Gasteiger charge is -2.26. The average molecular weight is 379 g/mol. The van der Waals surface area contributed by atoms with E-state index in [0.29, 0.717) is 18.7 Å². The van der Waals surface area contributed by atoms with Crippen molar-refractivity contribution in [2.24, 2.45) is 0 Å². The molecule has 2 aromatic carbocycles. The quantitative estimate of drug-likeness (QED) is 0.888. The molecule has 1 heterocycles. The molecule has 2 aromatic rings. The van der Waals surface area contributed by atoms with Gasteiger partial charge in [-0.25, -0.2) is 4.79 Å². The number of ether oxygens (including phenoxy) is 1. The first-order chi connectivity index (χ1) is 13.6. The number of likely N-dealkylation sites (N-methyl/N-ethyl adjacent to an activating group) is 1. The molecule has 0 radical (unpaired) electrons. The topological polar surface area (TPSA) is 61.9 Å². The standard InChI is InChI=1S/C22H25N3O3/c1-24(18-11-15-7-3-4-8-16(15)12-18)22(27)23-17-13-21(26)25(14-17)19-9-5-6-10-20(19)28-2/h3-10,17-18H,11-14H2,1-2H3,(H,23,27)/t17-/m1/s1. The molecule has 1 aliphatic carbocycles. The Morgan fingerprint density at radius 3 is 2.39 bits per heavy atom. The van der Waals surface area contributed by atoms with Crippen molar-refractivity contribution < 1.29 is 14.3 Å². The minimum Gasteiger partial charge on any atom is -0.495 e. The molecule has 1 N–H and O–H groups in total. The van der Waals surface area contributed by atoms with Gasteiger partial charge in [-0.3, -0.25) is 4.79 Å². The summed E-state index contributed by atoms with van der Waals surface area (Å²) in [5.74, 6) is 0.648. The highest BCUT2D eigenvalue weighted by Gasteiger charge is 2.35. The monoisotopic (exact) mass is 379 g/mol. The van der Waals surface area contributed by atoms with Gasteiger partial charge in [0.2, 0.25) is 5.91 Å². The van der Waals surface area contributed by atoms with E-state index in [1.54, 1.807) is 16.9 Å². The average Bonchev–Trinajstić information content (AvgIpc) is 3.30. The highest BCUT2D eigenvalue weighted by molar-refractivity contribution is 5.98. The van der Waals surface area contributed by atoms with E-state index in [1.165, 1.54) is 11.1 Å². The molecule has 4 rings (SSSR count). The lowest BCUT2D eigenvalue weighted by atomic mass is 10.1. The Morgan fingerprint density at radius 1 is 1.07 bits per heavy atom. The zero-order valence-corrected chi connectivity index (χ0v) is 16.2. The van der Waals surface area contributed by atoms with E-state index < -0.39 is 0 Å². The van der Waals surface area contributed by atoms with Crippen LogP contribution in [-0.4, -0.2) is 49.6 Å². The van der Waals surface area contributed by atoms with Crippen LogP contribution in [0, 0.1) is 0 Å². The van der Waals surface area contributed by atoms with Gasteiger partial charge >= 0.3 is 6.03 Å². The number of benzene rings is 2. The van der Waals surface area contributed by atoms with E-state index in [2.05, 4.69) is 17.4 Å². The first-order valence-electron chi connectivity index (χ1n) is 9.60. The second kappa shape index (κ2) is 7.54. The first-order valence-corrected chi connectivity index (χ1v) is 9.60. The number of para-hydroxylation sites is 2. The number of hydrogen-bond acceptors (Lipinski definition) is 3. The lowest BCUT2D eigenvalue weighted by molar-refractivity contribution is -0.117. The molecule has 0 bridgehead atoms. The number of nitrogens with zero attached hydrogens (tertiary/aromatic N) is 2. The smallest absolute Gasteiger partial charge is 0.317 e. The maximum Gasteiger partial charge on any atom is 0.317 e. The Balaban J connectivity index is 1.38. The molecule has 0 saturated carbocycles. The van der Waals surface area contributed by atoms with E-state index >= 15 is 0 Å². The summed E-state index contributed by atoms with van der Waals surface area (Å²) in [6, 6.07) is 15.6. The number of urea groups is 1. The summed E-state index contributed by atoms with van der Waals surface area (Å²) in [4.78, 5) is 28.7. The Bertz CT molecular complexity index is 873. The van der Waals surface area contributed by atoms with Crippen LogP contribution < -0.4 is 15.0 Å². The van der Waals surface area contributed by atoms with E-state index in [4.69, 9.17) is 4.74 Å². The third-order valence-corrected chi connectivity index (χ3v) is 5.73. The Hall–Kier alpha value is -3.02. The molecule has 1 aliphatic heterocycles. The van der Waals surface area contributed by atoms with Crippen LogP contribution in [0.15, 0.2) is 48.5 Å². The van der Waals surface area contributed by atoms with Gasteiger partial charge in [0.05, 0.1) is 18.8 Å². The van der Waals surface area contributed by atoms with Crippen molar-refractivity contribution in [3.05, 3.63) is 59.7 Å². The van der Waals surface area contributed by atoms with E-state index in [9.17, 15) is 9.59 Å². The number of amides is 3. The Labute approximate surface area is 165 Å². The molecule has 28 heavy (non-hydrogen) atoms. The van der Waals surface area contributed by atoms with Gasteiger partial charge in [0.15, 0.2) is 0 Å². The van der Waals surface area contributed by atoms with Crippen molar-refractivity contribution in [1.82, 2.24) is 10.2 Å². The number of carbonyl (C=O) groups excluding carboxylic acids is 2. The van der Waals surface area contributed by atoms with Crippen molar-refractivity contribution in [3.63, 3.8) is 0 Å². The molecular weight excluding hydrogens is 354 g/mol. The molecule has 0 spiro atoms. The van der Waals surface area contributed by atoms with Gasteiger partial charge in [0.25, 0.3) is 0 Å². The zero-order chi connectivity index (χ0) is 19.7. The van der Waals surface area contributed by atoms with Crippen LogP contribution in [0.1, 0.15) is 17.5 Å². The predicted octanol–water partition coefficient (Wildman–Crippen LogP) is 2.61. The minimum atomic E-state index is -0.212. The maximum absolute atomic E-state index is 12.8. The normalized spacial score (nSPS) is 18.9. The second-order valence-corrected chi connectivity index (χ2v) is 7.47. The number of hydrogen-bond donors (Lipinski definition) is 1. The molecule has 1 atom stereocenters. The summed E-state index contributed by atoms with van der Waals surface area (Å²) in [6.45, 7) is 0.448. The Kier molecular flexibility index (Phi) is 4.94. The molecule has 1 fully saturated rings. The molecule has 3 amide bonds. The molecule has 0 aromatic heterocycles. The van der Waals surface area contributed by atoms with Crippen molar-refractivity contribution in [3.8, 4) is 5.75 Å². The summed E-state index contributed by atoms with van der Waals surface area (Å²) in [5.41, 5.74) is 3.36. The fourth-order valence-electron chi connectivity index (χ4n) is 4.14. The SMILES string of the molecule is COc1ccccc1N1C[C@H](NC(=O)N(C)C2Cc3ccccc3C2)CC1=O. The molecular formula is C22H25N3O3. The largest absolute Gasteiger partial charge is 0.495 e. The molecule has 6 nitrogen and oxygen atoms in total. The minimum absolute atomic E-state index is 0.00859. The highest BCUT2D eigenvalue weighted by Crippen LogP contribution is 2.31. The van der Waals surface area contributed by atoms with Gasteiger partial charge in [-0.2, -0.15) is 0 Å². The summed E-state index contributed by atoms with van der Waals surface area (Å²) in [5, 5.41) is 3.03. The van der Waals surface area contributed by atoms with Crippen LogP contribution in [0.25, 0.3) is 0 Å². The predicted molar refractivity (Wildman–Crippen MR) is 108 cm³/mol. The zero-order valence-electron chi connectivity index (χ0n) is 16.2. The second-order valence-electron chi connectivity index (χ2n) is 7.47. The molecule has 146 valence electrons. The van der Waals surface area contributed by atoms with Crippen LogP contribution in [0.3, 0.4) is 0 Å². The van der Waals surface area contributed by atoms with E-state index in [0.717, 1.165) is 18.5 Å². The van der Waals surface area contributed by atoms with Crippen LogP contribution in [-0.2, 0) is 17.6 Å². The van der Waals surface area contributed by atoms with Gasteiger partial charge in [0.1, 0.15) is 5.75 Å². The first kappa shape index (κ1) is 18.3. The van der Waals surface area contributed by atoms with Crippen LogP contribution in [0.2, 0.25) is 0 Å². The van der Waals surface area contributed by atoms with Gasteiger partial charge in [-0.05, 0) is 36.1 Å². The van der Waals surface area contributed by atoms with Crippen molar-refractivity contribution in [1.29, 1.82) is 0 Å². The molecule has 1 saturated heterocycles. The van der Waals surface area contributed by atoms with Crippen molar-refractivity contribution in [2.75, 3.05) is 25.6 Å². The van der Waals surface area contributed by atoms with Gasteiger partial charge in [-0.15, -0.1) is 0 Å². The number of anilines is 1. The summed E-state index contributed by atoms with van der Waals surface area (Å²) in [6.07, 6.45) is 2.04. The van der Waals surface area contributed by atoms with Crippen molar-refractivity contribution >= 4 is 17.6 Å². The summed E-state index contributed by atoms with van der Waals surface area (Å²) < 4.78 is 5.37. The summed E-state index contributed by atoms with van der Waals surface area (Å²) in [7, 11) is 3.42. The number of rotatable bonds is 4. The number of methoxy groups -OCH3 is 1. The van der Waals surface area contributed by atoms with Gasteiger partial charge < -0.3 is 19.9 Å². The third-order valence-electron chi connectivity index (χ3n) is 5.73. The molecule has 2 aliphatic rings. The van der Waals surface area contributed by atoms with Gasteiger partial charge in [0, 0.05) is 26.1 Å². The van der Waals surface area contributed by atoms with Gasteiger partial charge in [-0.1, -0.05) is 36.4 Å². The number of fused-ring (bicyclic) bond motifs is 1. The van der Waals surface area contributed by atoms with Crippen molar-refractivity contribution in [2.45, 2.75) is 31.3 Å². The van der Waals surface area contributed by atoms with E-state index in [1.807, 2.05) is 43.4 Å². The third kappa shape index (κ3) is 3.42. The summed E-state index contributed by atoms with van der Waals surface area (Å²) >= 11 is 0. The van der Waals surface area contributed by atoms with Crippen LogP contribution in [0.5, 0.6) is 5.75 Å². The fraction of sp³-hybridized carbons (Fsp3) is 0.364. The maximum atomic E-state index is 12.8. The highest BCUT2D eigenvalue weighted by atomic mass is 16.5. The van der Waals surface area contributed by atoms with Crippen LogP contribution >= 0.6 is 0 Å². The number of nitrogens with one attached hydrogen (secondary N) is 1. The molecule has 6 heteroatoms.